The van der Waals surface area contributed by atoms with Crippen molar-refractivity contribution in [1.29, 1.82) is 0 Å². The van der Waals surface area contributed by atoms with E-state index in [0.717, 1.165) is 19.4 Å². The average Bonchev–Trinajstić information content (AvgIpc) is 2.27. The van der Waals surface area contributed by atoms with Crippen LogP contribution in [0.5, 0.6) is 0 Å². The molecule has 0 saturated heterocycles. The van der Waals surface area contributed by atoms with Gasteiger partial charge >= 0.3 is 0 Å². The van der Waals surface area contributed by atoms with Gasteiger partial charge in [0, 0.05) is 25.7 Å². The molecule has 0 fully saturated rings. The van der Waals surface area contributed by atoms with E-state index in [-0.39, 0.29) is 5.91 Å². The zero-order valence-electron chi connectivity index (χ0n) is 11.8. The number of nitrogens with zero attached hydrogens (tertiary/aromatic N) is 1. The largest absolute Gasteiger partial charge is 0.354 e. The zero-order valence-corrected chi connectivity index (χ0v) is 11.8. The van der Waals surface area contributed by atoms with E-state index in [1.165, 1.54) is 0 Å². The lowest BCUT2D eigenvalue weighted by atomic mass is 10.1. The van der Waals surface area contributed by atoms with Crippen molar-refractivity contribution in [2.45, 2.75) is 46.6 Å². The van der Waals surface area contributed by atoms with Gasteiger partial charge in [-0.25, -0.2) is 0 Å². The van der Waals surface area contributed by atoms with Crippen LogP contribution in [0.25, 0.3) is 0 Å². The van der Waals surface area contributed by atoms with Crippen LogP contribution in [0, 0.1) is 5.92 Å². The van der Waals surface area contributed by atoms with Crippen LogP contribution in [0.15, 0.2) is 0 Å². The summed E-state index contributed by atoms with van der Waals surface area (Å²) in [6, 6.07) is 0.501. The minimum absolute atomic E-state index is 0.0861. The number of carbonyl (C=O) groups is 1. The molecule has 4 nitrogen and oxygen atoms in total. The minimum atomic E-state index is 0.0861. The summed E-state index contributed by atoms with van der Waals surface area (Å²) in [6.07, 6.45) is 2.18. The van der Waals surface area contributed by atoms with Crippen molar-refractivity contribution in [3.05, 3.63) is 0 Å². The Morgan fingerprint density at radius 3 is 2.29 bits per heavy atom. The molecule has 0 aliphatic rings. The Bertz CT molecular complexity index is 203. The van der Waals surface area contributed by atoms with E-state index < -0.39 is 0 Å². The van der Waals surface area contributed by atoms with E-state index in [2.05, 4.69) is 37.9 Å². The van der Waals surface area contributed by atoms with Gasteiger partial charge < -0.3 is 11.1 Å². The van der Waals surface area contributed by atoms with Gasteiger partial charge in [0.15, 0.2) is 0 Å². The van der Waals surface area contributed by atoms with Crippen LogP contribution in [0.4, 0.5) is 0 Å². The highest BCUT2D eigenvalue weighted by atomic mass is 16.2. The monoisotopic (exact) mass is 243 g/mol. The van der Waals surface area contributed by atoms with Crippen LogP contribution in [-0.4, -0.2) is 43.0 Å². The van der Waals surface area contributed by atoms with Crippen molar-refractivity contribution < 1.29 is 4.79 Å². The molecular formula is C13H29N3O. The lowest BCUT2D eigenvalue weighted by Crippen LogP contribution is -2.45. The lowest BCUT2D eigenvalue weighted by Gasteiger charge is -2.31. The first-order chi connectivity index (χ1) is 8.04. The minimum Gasteiger partial charge on any atom is -0.354 e. The highest BCUT2D eigenvalue weighted by Crippen LogP contribution is 2.10. The number of amides is 1. The molecule has 0 radical (unpaired) electrons. The molecule has 17 heavy (non-hydrogen) atoms. The second kappa shape index (κ2) is 9.42. The van der Waals surface area contributed by atoms with Gasteiger partial charge in [-0.2, -0.15) is 0 Å². The number of hydrogen-bond acceptors (Lipinski definition) is 3. The number of hydrogen-bond donors (Lipinski definition) is 2. The summed E-state index contributed by atoms with van der Waals surface area (Å²) >= 11 is 0. The Labute approximate surface area is 106 Å². The summed E-state index contributed by atoms with van der Waals surface area (Å²) < 4.78 is 0. The van der Waals surface area contributed by atoms with E-state index in [4.69, 9.17) is 5.73 Å². The molecule has 0 aromatic rings. The first-order valence-corrected chi connectivity index (χ1v) is 6.75. The summed E-state index contributed by atoms with van der Waals surface area (Å²) in [5, 5.41) is 2.83. The number of nitrogens with two attached hydrogens (primary N) is 1. The van der Waals surface area contributed by atoms with Crippen LogP contribution < -0.4 is 11.1 Å². The molecule has 3 N–H and O–H groups in total. The summed E-state index contributed by atoms with van der Waals surface area (Å²) in [5.41, 5.74) is 5.37. The Balaban J connectivity index is 4.31. The highest BCUT2D eigenvalue weighted by molar-refractivity contribution is 5.78. The van der Waals surface area contributed by atoms with E-state index in [0.29, 0.717) is 31.6 Å². The summed E-state index contributed by atoms with van der Waals surface area (Å²) in [5.74, 6) is 0.668. The van der Waals surface area contributed by atoms with Crippen molar-refractivity contribution in [3.63, 3.8) is 0 Å². The molecule has 1 amide bonds. The van der Waals surface area contributed by atoms with Crippen molar-refractivity contribution in [2.75, 3.05) is 26.2 Å². The van der Waals surface area contributed by atoms with Crippen LogP contribution in [0.3, 0.4) is 0 Å². The first kappa shape index (κ1) is 16.4. The molecule has 0 rings (SSSR count). The van der Waals surface area contributed by atoms with Crippen LogP contribution in [0.1, 0.15) is 40.5 Å². The summed E-state index contributed by atoms with van der Waals surface area (Å²) in [7, 11) is 0. The van der Waals surface area contributed by atoms with Crippen molar-refractivity contribution in [2.24, 2.45) is 11.7 Å². The van der Waals surface area contributed by atoms with Crippen LogP contribution in [-0.2, 0) is 4.79 Å². The maximum Gasteiger partial charge on any atom is 0.234 e. The maximum atomic E-state index is 11.7. The fourth-order valence-corrected chi connectivity index (χ4v) is 2.07. The van der Waals surface area contributed by atoms with E-state index in [9.17, 15) is 4.79 Å². The molecule has 102 valence electrons. The van der Waals surface area contributed by atoms with Crippen LogP contribution >= 0.6 is 0 Å². The Hall–Kier alpha value is -0.610. The van der Waals surface area contributed by atoms with Crippen molar-refractivity contribution >= 4 is 5.91 Å². The third kappa shape index (κ3) is 7.34. The zero-order chi connectivity index (χ0) is 13.3. The highest BCUT2D eigenvalue weighted by Gasteiger charge is 2.18. The smallest absolute Gasteiger partial charge is 0.234 e. The van der Waals surface area contributed by atoms with Gasteiger partial charge in [-0.05, 0) is 18.8 Å². The van der Waals surface area contributed by atoms with Gasteiger partial charge in [-0.3, -0.25) is 9.69 Å². The van der Waals surface area contributed by atoms with Crippen molar-refractivity contribution in [3.8, 4) is 0 Å². The third-order valence-corrected chi connectivity index (χ3v) is 2.87. The van der Waals surface area contributed by atoms with Gasteiger partial charge in [-0.1, -0.05) is 27.7 Å². The average molecular weight is 243 g/mol. The van der Waals surface area contributed by atoms with E-state index in [1.807, 2.05) is 0 Å². The predicted molar refractivity (Wildman–Crippen MR) is 72.8 cm³/mol. The molecule has 0 aliphatic carbocycles. The normalized spacial score (nSPS) is 11.5. The molecular weight excluding hydrogens is 214 g/mol. The number of rotatable bonds is 9. The quantitative estimate of drug-likeness (QED) is 0.640. The molecule has 0 saturated carbocycles. The second-order valence-electron chi connectivity index (χ2n) is 4.93. The van der Waals surface area contributed by atoms with Crippen LogP contribution in [0.2, 0.25) is 0 Å². The van der Waals surface area contributed by atoms with Gasteiger partial charge in [0.25, 0.3) is 0 Å². The fraction of sp³-hybridized carbons (Fsp3) is 0.923. The molecule has 0 aromatic carbocycles. The standard InChI is InChI=1S/C13H29N3O/c1-5-12(6-2)16(9-11(3)4)10-13(17)15-8-7-14/h11-12H,5-10,14H2,1-4H3,(H,15,17). The molecule has 0 heterocycles. The number of nitrogens with one attached hydrogen (secondary N) is 1. The Morgan fingerprint density at radius 2 is 1.88 bits per heavy atom. The molecule has 0 aliphatic heterocycles. The fourth-order valence-electron chi connectivity index (χ4n) is 2.07. The van der Waals surface area contributed by atoms with Crippen molar-refractivity contribution in [1.82, 2.24) is 10.2 Å². The number of carbonyl (C=O) groups excluding carboxylic acids is 1. The Kier molecular flexibility index (Phi) is 9.09. The molecule has 4 heteroatoms. The molecule has 0 bridgehead atoms. The van der Waals surface area contributed by atoms with Gasteiger partial charge in [0.05, 0.1) is 6.54 Å². The topological polar surface area (TPSA) is 58.4 Å². The second-order valence-corrected chi connectivity index (χ2v) is 4.93. The predicted octanol–water partition coefficient (Wildman–Crippen LogP) is 1.21. The first-order valence-electron chi connectivity index (χ1n) is 6.75. The lowest BCUT2D eigenvalue weighted by molar-refractivity contribution is -0.122. The van der Waals surface area contributed by atoms with Gasteiger partial charge in [0.1, 0.15) is 0 Å². The maximum absolute atomic E-state index is 11.7. The summed E-state index contributed by atoms with van der Waals surface area (Å²) in [6.45, 7) is 11.3. The SMILES string of the molecule is CCC(CC)N(CC(=O)NCCN)CC(C)C. The summed E-state index contributed by atoms with van der Waals surface area (Å²) in [4.78, 5) is 14.0. The van der Waals surface area contributed by atoms with E-state index >= 15 is 0 Å². The Morgan fingerprint density at radius 1 is 1.29 bits per heavy atom. The van der Waals surface area contributed by atoms with Gasteiger partial charge in [0.2, 0.25) is 5.91 Å². The molecule has 0 aromatic heterocycles. The molecule has 0 atom stereocenters. The molecule has 0 unspecified atom stereocenters. The van der Waals surface area contributed by atoms with E-state index in [1.54, 1.807) is 0 Å². The third-order valence-electron chi connectivity index (χ3n) is 2.87. The molecule has 0 spiro atoms. The van der Waals surface area contributed by atoms with Gasteiger partial charge in [-0.15, -0.1) is 0 Å².